The molecule has 1 aromatic rings. The second kappa shape index (κ2) is 8.77. The zero-order chi connectivity index (χ0) is 14.1. The van der Waals surface area contributed by atoms with Crippen molar-refractivity contribution in [1.82, 2.24) is 5.32 Å². The van der Waals surface area contributed by atoms with E-state index in [1.807, 2.05) is 25.2 Å². The Morgan fingerprint density at radius 3 is 2.63 bits per heavy atom. The van der Waals surface area contributed by atoms with E-state index in [1.54, 1.807) is 7.11 Å². The van der Waals surface area contributed by atoms with Crippen LogP contribution in [-0.2, 0) is 11.3 Å². The molecule has 0 fully saturated rings. The molecule has 0 aliphatic rings. The summed E-state index contributed by atoms with van der Waals surface area (Å²) >= 11 is 0. The van der Waals surface area contributed by atoms with Crippen molar-refractivity contribution in [1.29, 1.82) is 0 Å². The largest absolute Gasteiger partial charge is 0.497 e. The minimum atomic E-state index is 0.556. The number of rotatable bonds is 9. The summed E-state index contributed by atoms with van der Waals surface area (Å²) in [6.45, 7) is 6.97. The van der Waals surface area contributed by atoms with Gasteiger partial charge in [-0.25, -0.2) is 0 Å². The molecule has 0 radical (unpaired) electrons. The first kappa shape index (κ1) is 15.8. The van der Waals surface area contributed by atoms with Crippen molar-refractivity contribution < 1.29 is 14.2 Å². The van der Waals surface area contributed by atoms with E-state index < -0.39 is 0 Å². The molecule has 0 saturated heterocycles. The molecule has 1 aromatic carbocycles. The first-order valence-electron chi connectivity index (χ1n) is 6.69. The van der Waals surface area contributed by atoms with Crippen LogP contribution in [0.4, 0.5) is 0 Å². The highest BCUT2D eigenvalue weighted by Gasteiger charge is 2.05. The zero-order valence-electron chi connectivity index (χ0n) is 12.4. The van der Waals surface area contributed by atoms with Gasteiger partial charge in [0, 0.05) is 18.7 Å². The summed E-state index contributed by atoms with van der Waals surface area (Å²) in [4.78, 5) is 0. The van der Waals surface area contributed by atoms with Crippen LogP contribution in [0.3, 0.4) is 0 Å². The van der Waals surface area contributed by atoms with Crippen LogP contribution in [0.1, 0.15) is 19.4 Å². The van der Waals surface area contributed by atoms with Crippen LogP contribution in [0.5, 0.6) is 11.5 Å². The van der Waals surface area contributed by atoms with Gasteiger partial charge in [-0.15, -0.1) is 0 Å². The van der Waals surface area contributed by atoms with E-state index in [2.05, 4.69) is 19.2 Å². The van der Waals surface area contributed by atoms with Gasteiger partial charge in [0.15, 0.2) is 0 Å². The summed E-state index contributed by atoms with van der Waals surface area (Å²) < 4.78 is 16.5. The molecule has 4 heteroatoms. The molecule has 1 rings (SSSR count). The first-order chi connectivity index (χ1) is 9.17. The predicted molar refractivity (Wildman–Crippen MR) is 76.9 cm³/mol. The van der Waals surface area contributed by atoms with Gasteiger partial charge in [-0.3, -0.25) is 0 Å². The van der Waals surface area contributed by atoms with Crippen molar-refractivity contribution in [3.8, 4) is 11.5 Å². The van der Waals surface area contributed by atoms with Crippen molar-refractivity contribution in [3.05, 3.63) is 23.8 Å². The number of benzene rings is 1. The van der Waals surface area contributed by atoms with E-state index in [9.17, 15) is 0 Å². The highest BCUT2D eigenvalue weighted by atomic mass is 16.5. The molecule has 0 spiro atoms. The number of methoxy groups -OCH3 is 1. The number of hydrogen-bond acceptors (Lipinski definition) is 4. The Balaban J connectivity index is 2.47. The monoisotopic (exact) mass is 267 g/mol. The minimum Gasteiger partial charge on any atom is -0.497 e. The minimum absolute atomic E-state index is 0.556. The van der Waals surface area contributed by atoms with Gasteiger partial charge in [-0.1, -0.05) is 13.8 Å². The fourth-order valence-corrected chi connectivity index (χ4v) is 1.68. The average Bonchev–Trinajstić information content (AvgIpc) is 2.39. The number of nitrogens with one attached hydrogen (secondary N) is 1. The fraction of sp³-hybridized carbons (Fsp3) is 0.600. The summed E-state index contributed by atoms with van der Waals surface area (Å²) in [7, 11) is 3.58. The molecule has 4 nitrogen and oxygen atoms in total. The van der Waals surface area contributed by atoms with E-state index in [4.69, 9.17) is 14.2 Å². The Labute approximate surface area is 116 Å². The van der Waals surface area contributed by atoms with Crippen LogP contribution in [-0.4, -0.2) is 34.0 Å². The fourth-order valence-electron chi connectivity index (χ4n) is 1.68. The van der Waals surface area contributed by atoms with Gasteiger partial charge in [0.25, 0.3) is 0 Å². The van der Waals surface area contributed by atoms with Crippen molar-refractivity contribution >= 4 is 0 Å². The normalized spacial score (nSPS) is 10.8. The maximum Gasteiger partial charge on any atom is 0.124 e. The Morgan fingerprint density at radius 2 is 2.00 bits per heavy atom. The van der Waals surface area contributed by atoms with Gasteiger partial charge < -0.3 is 19.5 Å². The zero-order valence-corrected chi connectivity index (χ0v) is 12.4. The molecular weight excluding hydrogens is 242 g/mol. The molecule has 0 heterocycles. The van der Waals surface area contributed by atoms with E-state index in [0.29, 0.717) is 19.1 Å². The highest BCUT2D eigenvalue weighted by molar-refractivity contribution is 5.40. The lowest BCUT2D eigenvalue weighted by Crippen LogP contribution is -2.12. The van der Waals surface area contributed by atoms with E-state index >= 15 is 0 Å². The van der Waals surface area contributed by atoms with Crippen LogP contribution in [0.25, 0.3) is 0 Å². The summed E-state index contributed by atoms with van der Waals surface area (Å²) in [5.74, 6) is 2.28. The second-order valence-electron chi connectivity index (χ2n) is 4.82. The third-order valence-electron chi connectivity index (χ3n) is 2.57. The van der Waals surface area contributed by atoms with Crippen molar-refractivity contribution in [2.75, 3.05) is 34.0 Å². The van der Waals surface area contributed by atoms with Gasteiger partial charge in [0.1, 0.15) is 18.1 Å². The lowest BCUT2D eigenvalue weighted by atomic mass is 10.2. The smallest absolute Gasteiger partial charge is 0.124 e. The Bertz CT molecular complexity index is 366. The lowest BCUT2D eigenvalue weighted by Gasteiger charge is -2.13. The first-order valence-corrected chi connectivity index (χ1v) is 6.69. The van der Waals surface area contributed by atoms with Crippen molar-refractivity contribution in [2.24, 2.45) is 5.92 Å². The maximum atomic E-state index is 5.75. The van der Waals surface area contributed by atoms with Gasteiger partial charge in [-0.2, -0.15) is 0 Å². The molecule has 0 aliphatic carbocycles. The standard InChI is InChI=1S/C15H25NO3/c1-12(2)11-18-7-8-19-15-6-5-14(17-4)9-13(15)10-16-3/h5-6,9,12,16H,7-8,10-11H2,1-4H3. The molecule has 0 aliphatic heterocycles. The Morgan fingerprint density at radius 1 is 1.21 bits per heavy atom. The lowest BCUT2D eigenvalue weighted by molar-refractivity contribution is 0.0816. The molecule has 0 saturated carbocycles. The van der Waals surface area contributed by atoms with Crippen molar-refractivity contribution in [3.63, 3.8) is 0 Å². The quantitative estimate of drug-likeness (QED) is 0.698. The van der Waals surface area contributed by atoms with E-state index in [-0.39, 0.29) is 0 Å². The van der Waals surface area contributed by atoms with Gasteiger partial charge in [0.2, 0.25) is 0 Å². The Kier molecular flexibility index (Phi) is 7.30. The summed E-state index contributed by atoms with van der Waals surface area (Å²) in [6.07, 6.45) is 0. The Hall–Kier alpha value is -1.26. The number of ether oxygens (including phenoxy) is 3. The number of hydrogen-bond donors (Lipinski definition) is 1. The molecule has 0 bridgehead atoms. The third kappa shape index (κ3) is 5.94. The third-order valence-corrected chi connectivity index (χ3v) is 2.57. The van der Waals surface area contributed by atoms with Crippen molar-refractivity contribution in [2.45, 2.75) is 20.4 Å². The SMILES string of the molecule is CNCc1cc(OC)ccc1OCCOCC(C)C. The van der Waals surface area contributed by atoms with Crippen LogP contribution < -0.4 is 14.8 Å². The van der Waals surface area contributed by atoms with E-state index in [0.717, 1.165) is 30.2 Å². The van der Waals surface area contributed by atoms with Gasteiger partial charge in [-0.05, 0) is 31.2 Å². The molecule has 0 aromatic heterocycles. The topological polar surface area (TPSA) is 39.7 Å². The van der Waals surface area contributed by atoms with Gasteiger partial charge in [0.05, 0.1) is 13.7 Å². The van der Waals surface area contributed by atoms with E-state index in [1.165, 1.54) is 0 Å². The maximum absolute atomic E-state index is 5.75. The molecule has 0 atom stereocenters. The molecule has 1 N–H and O–H groups in total. The predicted octanol–water partition coefficient (Wildman–Crippen LogP) is 2.47. The highest BCUT2D eigenvalue weighted by Crippen LogP contribution is 2.24. The van der Waals surface area contributed by atoms with Crippen LogP contribution in [0.15, 0.2) is 18.2 Å². The van der Waals surface area contributed by atoms with Crippen LogP contribution in [0.2, 0.25) is 0 Å². The van der Waals surface area contributed by atoms with Crippen LogP contribution in [0, 0.1) is 5.92 Å². The van der Waals surface area contributed by atoms with Crippen LogP contribution >= 0.6 is 0 Å². The summed E-state index contributed by atoms with van der Waals surface area (Å²) in [6, 6.07) is 5.83. The molecule has 108 valence electrons. The average molecular weight is 267 g/mol. The summed E-state index contributed by atoms with van der Waals surface area (Å²) in [5.41, 5.74) is 1.09. The molecular formula is C15H25NO3. The second-order valence-corrected chi connectivity index (χ2v) is 4.82. The molecule has 0 unspecified atom stereocenters. The molecule has 19 heavy (non-hydrogen) atoms. The van der Waals surface area contributed by atoms with Gasteiger partial charge >= 0.3 is 0 Å². The summed E-state index contributed by atoms with van der Waals surface area (Å²) in [5, 5.41) is 3.13. The molecule has 0 amide bonds.